The summed E-state index contributed by atoms with van der Waals surface area (Å²) in [6.07, 6.45) is -2.77. The molecule has 18 heavy (non-hydrogen) atoms. The van der Waals surface area contributed by atoms with E-state index in [1.807, 2.05) is 0 Å². The second kappa shape index (κ2) is 4.93. The Morgan fingerprint density at radius 1 is 1.50 bits per heavy atom. The van der Waals surface area contributed by atoms with E-state index in [9.17, 15) is 18.0 Å². The van der Waals surface area contributed by atoms with Gasteiger partial charge in [-0.1, -0.05) is 0 Å². The molecule has 1 aromatic heterocycles. The zero-order valence-electron chi connectivity index (χ0n) is 9.35. The summed E-state index contributed by atoms with van der Waals surface area (Å²) in [6.45, 7) is 0.963. The van der Waals surface area contributed by atoms with Crippen molar-refractivity contribution >= 4 is 6.41 Å². The fourth-order valence-corrected chi connectivity index (χ4v) is 1.84. The van der Waals surface area contributed by atoms with Crippen LogP contribution in [0.2, 0.25) is 0 Å². The van der Waals surface area contributed by atoms with Gasteiger partial charge in [0.25, 0.3) is 0 Å². The summed E-state index contributed by atoms with van der Waals surface area (Å²) in [5.74, 6) is 0. The summed E-state index contributed by atoms with van der Waals surface area (Å²) in [4.78, 5) is 15.6. The molecule has 0 spiro atoms. The number of hydrogen-bond acceptors (Lipinski definition) is 3. The number of carbonyl (C=O) groups excluding carboxylic acids is 1. The first-order valence-corrected chi connectivity index (χ1v) is 5.34. The Kier molecular flexibility index (Phi) is 3.51. The molecule has 0 bridgehead atoms. The van der Waals surface area contributed by atoms with E-state index in [2.05, 4.69) is 4.98 Å². The van der Waals surface area contributed by atoms with Gasteiger partial charge in [-0.25, -0.2) is 0 Å². The quantitative estimate of drug-likeness (QED) is 0.759. The fraction of sp³-hybridized carbons (Fsp3) is 0.455. The van der Waals surface area contributed by atoms with E-state index in [0.717, 1.165) is 12.3 Å². The number of morpholine rings is 1. The Morgan fingerprint density at radius 2 is 2.28 bits per heavy atom. The topological polar surface area (TPSA) is 42.4 Å². The van der Waals surface area contributed by atoms with Crippen molar-refractivity contribution in [1.29, 1.82) is 0 Å². The molecule has 0 saturated carbocycles. The third-order valence-electron chi connectivity index (χ3n) is 2.76. The first-order chi connectivity index (χ1) is 8.52. The maximum absolute atomic E-state index is 12.5. The van der Waals surface area contributed by atoms with E-state index in [0.29, 0.717) is 25.1 Å². The van der Waals surface area contributed by atoms with Crippen LogP contribution in [0.1, 0.15) is 17.3 Å². The van der Waals surface area contributed by atoms with Crippen LogP contribution in [-0.2, 0) is 15.7 Å². The molecular weight excluding hydrogens is 249 g/mol. The number of ether oxygens (including phenoxy) is 1. The summed E-state index contributed by atoms with van der Waals surface area (Å²) < 4.78 is 42.8. The van der Waals surface area contributed by atoms with Crippen LogP contribution < -0.4 is 0 Å². The maximum Gasteiger partial charge on any atom is 0.433 e. The third kappa shape index (κ3) is 2.61. The minimum absolute atomic E-state index is 0.194. The standard InChI is InChI=1S/C11H11F3N2O2/c12-11(13,14)10-5-8(1-2-15-10)9-6-18-4-3-16(9)7-17/h1-2,5,7,9H,3-4,6H2/t9-/m1/s1. The van der Waals surface area contributed by atoms with Gasteiger partial charge in [-0.3, -0.25) is 9.78 Å². The maximum atomic E-state index is 12.5. The van der Waals surface area contributed by atoms with Gasteiger partial charge in [-0.2, -0.15) is 13.2 Å². The first-order valence-electron chi connectivity index (χ1n) is 5.34. The lowest BCUT2D eigenvalue weighted by Crippen LogP contribution is -2.38. The van der Waals surface area contributed by atoms with Crippen LogP contribution in [0.15, 0.2) is 18.3 Å². The molecule has 0 N–H and O–H groups in total. The smallest absolute Gasteiger partial charge is 0.377 e. The van der Waals surface area contributed by atoms with Gasteiger partial charge in [0, 0.05) is 12.7 Å². The highest BCUT2D eigenvalue weighted by molar-refractivity contribution is 5.49. The Labute approximate surface area is 101 Å². The molecule has 7 heteroatoms. The summed E-state index contributed by atoms with van der Waals surface area (Å²) in [5.41, 5.74) is -0.583. The van der Waals surface area contributed by atoms with Crippen LogP contribution >= 0.6 is 0 Å². The number of amides is 1. The van der Waals surface area contributed by atoms with Crippen LogP contribution in [0.5, 0.6) is 0 Å². The molecule has 1 aliphatic heterocycles. The fourth-order valence-electron chi connectivity index (χ4n) is 1.84. The molecule has 4 nitrogen and oxygen atoms in total. The summed E-state index contributed by atoms with van der Waals surface area (Å²) in [5, 5.41) is 0. The van der Waals surface area contributed by atoms with Crippen molar-refractivity contribution in [2.75, 3.05) is 19.8 Å². The van der Waals surface area contributed by atoms with Crippen LogP contribution in [0, 0.1) is 0 Å². The van der Waals surface area contributed by atoms with E-state index in [1.54, 1.807) is 0 Å². The molecule has 1 fully saturated rings. The van der Waals surface area contributed by atoms with Gasteiger partial charge in [-0.15, -0.1) is 0 Å². The Hall–Kier alpha value is -1.63. The van der Waals surface area contributed by atoms with Crippen LogP contribution in [0.3, 0.4) is 0 Å². The van der Waals surface area contributed by atoms with Crippen molar-refractivity contribution in [3.63, 3.8) is 0 Å². The largest absolute Gasteiger partial charge is 0.433 e. The molecule has 0 aliphatic carbocycles. The van der Waals surface area contributed by atoms with Gasteiger partial charge >= 0.3 is 6.18 Å². The van der Waals surface area contributed by atoms with Crippen LogP contribution in [0.4, 0.5) is 13.2 Å². The lowest BCUT2D eigenvalue weighted by atomic mass is 10.1. The van der Waals surface area contributed by atoms with Gasteiger partial charge in [0.1, 0.15) is 5.69 Å². The molecule has 1 atom stereocenters. The number of halogens is 3. The van der Waals surface area contributed by atoms with E-state index >= 15 is 0 Å². The number of hydrogen-bond donors (Lipinski definition) is 0. The highest BCUT2D eigenvalue weighted by atomic mass is 19.4. The highest BCUT2D eigenvalue weighted by Crippen LogP contribution is 2.30. The Balaban J connectivity index is 2.29. The molecule has 2 heterocycles. The summed E-state index contributed by atoms with van der Waals surface area (Å²) in [6, 6.07) is 1.93. The Bertz CT molecular complexity index is 437. The van der Waals surface area contributed by atoms with Gasteiger partial charge in [0.2, 0.25) is 6.41 Å². The third-order valence-corrected chi connectivity index (χ3v) is 2.76. The number of rotatable bonds is 2. The second-order valence-corrected chi connectivity index (χ2v) is 3.91. The number of pyridine rings is 1. The molecule has 0 aromatic carbocycles. The van der Waals surface area contributed by atoms with Crippen molar-refractivity contribution in [3.05, 3.63) is 29.6 Å². The van der Waals surface area contributed by atoms with Crippen molar-refractivity contribution in [2.45, 2.75) is 12.2 Å². The van der Waals surface area contributed by atoms with E-state index < -0.39 is 17.9 Å². The second-order valence-electron chi connectivity index (χ2n) is 3.91. The molecule has 1 saturated heterocycles. The average molecular weight is 260 g/mol. The number of alkyl halides is 3. The normalized spacial score (nSPS) is 20.8. The molecule has 0 radical (unpaired) electrons. The predicted octanol–water partition coefficient (Wildman–Crippen LogP) is 1.63. The minimum atomic E-state index is -4.49. The monoisotopic (exact) mass is 260 g/mol. The summed E-state index contributed by atoms with van der Waals surface area (Å²) >= 11 is 0. The number of aromatic nitrogens is 1. The van der Waals surface area contributed by atoms with Crippen LogP contribution in [0.25, 0.3) is 0 Å². The predicted molar refractivity (Wildman–Crippen MR) is 55.6 cm³/mol. The van der Waals surface area contributed by atoms with Gasteiger partial charge in [0.15, 0.2) is 0 Å². The number of nitrogens with zero attached hydrogens (tertiary/aromatic N) is 2. The lowest BCUT2D eigenvalue weighted by molar-refractivity contribution is -0.141. The van der Waals surface area contributed by atoms with Gasteiger partial charge < -0.3 is 9.64 Å². The van der Waals surface area contributed by atoms with E-state index in [1.165, 1.54) is 11.0 Å². The lowest BCUT2D eigenvalue weighted by Gasteiger charge is -2.33. The van der Waals surface area contributed by atoms with Crippen LogP contribution in [-0.4, -0.2) is 36.1 Å². The molecule has 0 unspecified atom stereocenters. The zero-order valence-corrected chi connectivity index (χ0v) is 9.35. The van der Waals surface area contributed by atoms with E-state index in [-0.39, 0.29) is 6.61 Å². The molecule has 1 aliphatic rings. The SMILES string of the molecule is O=CN1CCOC[C@@H]1c1ccnc(C(F)(F)F)c1. The minimum Gasteiger partial charge on any atom is -0.377 e. The van der Waals surface area contributed by atoms with E-state index in [4.69, 9.17) is 4.74 Å². The first kappa shape index (κ1) is 12.8. The zero-order chi connectivity index (χ0) is 13.2. The molecular formula is C11H11F3N2O2. The molecule has 2 rings (SSSR count). The Morgan fingerprint density at radius 3 is 2.94 bits per heavy atom. The van der Waals surface area contributed by atoms with Crippen molar-refractivity contribution in [1.82, 2.24) is 9.88 Å². The molecule has 1 aromatic rings. The van der Waals surface area contributed by atoms with Crippen molar-refractivity contribution in [3.8, 4) is 0 Å². The van der Waals surface area contributed by atoms with Gasteiger partial charge in [0.05, 0.1) is 19.3 Å². The van der Waals surface area contributed by atoms with Crippen molar-refractivity contribution in [2.24, 2.45) is 0 Å². The average Bonchev–Trinajstić information content (AvgIpc) is 2.38. The van der Waals surface area contributed by atoms with Gasteiger partial charge in [-0.05, 0) is 17.7 Å². The summed E-state index contributed by atoms with van der Waals surface area (Å²) in [7, 11) is 0. The molecule has 98 valence electrons. The highest BCUT2D eigenvalue weighted by Gasteiger charge is 2.33. The molecule has 1 amide bonds. The van der Waals surface area contributed by atoms with Crippen molar-refractivity contribution < 1.29 is 22.7 Å². The number of carbonyl (C=O) groups is 1.